The van der Waals surface area contributed by atoms with E-state index in [4.69, 9.17) is 0 Å². The summed E-state index contributed by atoms with van der Waals surface area (Å²) in [4.78, 5) is 2.59. The molecule has 1 saturated heterocycles. The molecule has 0 atom stereocenters. The summed E-state index contributed by atoms with van der Waals surface area (Å²) < 4.78 is -0.197. The predicted molar refractivity (Wildman–Crippen MR) is 131 cm³/mol. The van der Waals surface area contributed by atoms with Gasteiger partial charge in [0.05, 0.1) is 4.75 Å². The van der Waals surface area contributed by atoms with Crippen molar-refractivity contribution >= 4 is 11.8 Å². The van der Waals surface area contributed by atoms with Crippen LogP contribution >= 0.6 is 11.8 Å². The van der Waals surface area contributed by atoms with Crippen LogP contribution in [0.1, 0.15) is 36.0 Å². The lowest BCUT2D eigenvalue weighted by molar-refractivity contribution is 0.236. The Labute approximate surface area is 185 Å². The zero-order chi connectivity index (χ0) is 20.7. The van der Waals surface area contributed by atoms with E-state index in [0.29, 0.717) is 5.25 Å². The maximum atomic E-state index is 3.88. The largest absolute Gasteiger partial charge is 0.303 e. The number of likely N-dealkylation sites (tertiary alicyclic amines) is 1. The Morgan fingerprint density at radius 2 is 1.20 bits per heavy atom. The molecule has 30 heavy (non-hydrogen) atoms. The molecule has 0 radical (unpaired) electrons. The molecule has 0 aliphatic carbocycles. The van der Waals surface area contributed by atoms with E-state index in [1.54, 1.807) is 0 Å². The van der Waals surface area contributed by atoms with Gasteiger partial charge >= 0.3 is 0 Å². The first-order valence-electron chi connectivity index (χ1n) is 11.0. The van der Waals surface area contributed by atoms with Crippen molar-refractivity contribution in [3.8, 4) is 0 Å². The summed E-state index contributed by atoms with van der Waals surface area (Å²) in [6, 6.07) is 33.2. The first-order valence-corrected chi connectivity index (χ1v) is 11.9. The normalized spacial score (nSPS) is 15.7. The lowest BCUT2D eigenvalue weighted by atomic mass is 9.84. The number of rotatable bonds is 8. The second-order valence-corrected chi connectivity index (χ2v) is 9.53. The van der Waals surface area contributed by atoms with Gasteiger partial charge in [-0.05, 0) is 49.0 Å². The molecule has 154 valence electrons. The first-order chi connectivity index (χ1) is 14.8. The standard InChI is InChI=1S/C28H31NS/c1-2-3-21-29-22-19-27(20-23-29)30-28(24-13-7-4-8-14-24,25-15-9-5-10-16-25)26-17-11-6-12-18-26/h2,4-18,27H,1,3,19-23H2. The Balaban J connectivity index is 1.72. The summed E-state index contributed by atoms with van der Waals surface area (Å²) in [5.41, 5.74) is 4.09. The van der Waals surface area contributed by atoms with Gasteiger partial charge in [-0.3, -0.25) is 0 Å². The van der Waals surface area contributed by atoms with Crippen molar-refractivity contribution in [2.75, 3.05) is 19.6 Å². The molecule has 2 heteroatoms. The highest BCUT2D eigenvalue weighted by Crippen LogP contribution is 2.51. The molecule has 1 fully saturated rings. The molecule has 3 aromatic rings. The fourth-order valence-electron chi connectivity index (χ4n) is 4.50. The van der Waals surface area contributed by atoms with Crippen LogP contribution in [0.3, 0.4) is 0 Å². The van der Waals surface area contributed by atoms with Crippen LogP contribution in [0.4, 0.5) is 0 Å². The van der Waals surface area contributed by atoms with Crippen LogP contribution in [0.2, 0.25) is 0 Å². The van der Waals surface area contributed by atoms with E-state index >= 15 is 0 Å². The average molecular weight is 414 g/mol. The van der Waals surface area contributed by atoms with Crippen LogP contribution in [-0.2, 0) is 4.75 Å². The fourth-order valence-corrected chi connectivity index (χ4v) is 6.26. The Kier molecular flexibility index (Phi) is 7.09. The van der Waals surface area contributed by atoms with Gasteiger partial charge in [0.15, 0.2) is 0 Å². The van der Waals surface area contributed by atoms with Crippen LogP contribution in [-0.4, -0.2) is 29.8 Å². The fraction of sp³-hybridized carbons (Fsp3) is 0.286. The molecule has 1 aliphatic rings. The van der Waals surface area contributed by atoms with E-state index in [2.05, 4.69) is 114 Å². The lowest BCUT2D eigenvalue weighted by Gasteiger charge is -2.41. The van der Waals surface area contributed by atoms with E-state index in [0.717, 1.165) is 13.0 Å². The van der Waals surface area contributed by atoms with Gasteiger partial charge in [-0.15, -0.1) is 18.3 Å². The molecule has 0 amide bonds. The lowest BCUT2D eigenvalue weighted by Crippen LogP contribution is -2.38. The Bertz CT molecular complexity index is 802. The smallest absolute Gasteiger partial charge is 0.0909 e. The van der Waals surface area contributed by atoms with E-state index in [1.165, 1.54) is 42.6 Å². The van der Waals surface area contributed by atoms with Crippen LogP contribution < -0.4 is 0 Å². The zero-order valence-corrected chi connectivity index (χ0v) is 18.4. The minimum absolute atomic E-state index is 0.197. The van der Waals surface area contributed by atoms with E-state index in [-0.39, 0.29) is 4.75 Å². The number of benzene rings is 3. The summed E-state index contributed by atoms with van der Waals surface area (Å²) in [5.74, 6) is 0. The van der Waals surface area contributed by atoms with Gasteiger partial charge in [0.1, 0.15) is 0 Å². The number of hydrogen-bond acceptors (Lipinski definition) is 2. The van der Waals surface area contributed by atoms with Crippen LogP contribution in [0.15, 0.2) is 104 Å². The number of hydrogen-bond donors (Lipinski definition) is 0. The predicted octanol–water partition coefficient (Wildman–Crippen LogP) is 6.75. The summed E-state index contributed by atoms with van der Waals surface area (Å²) in [7, 11) is 0. The highest BCUT2D eigenvalue weighted by molar-refractivity contribution is 8.01. The second kappa shape index (κ2) is 10.1. The van der Waals surface area contributed by atoms with Crippen LogP contribution in [0, 0.1) is 0 Å². The molecule has 1 heterocycles. The molecule has 3 aromatic carbocycles. The SMILES string of the molecule is C=CCCN1CCC(SC(c2ccccc2)(c2ccccc2)c2ccccc2)CC1. The van der Waals surface area contributed by atoms with Gasteiger partial charge in [0.25, 0.3) is 0 Å². The van der Waals surface area contributed by atoms with Crippen LogP contribution in [0.25, 0.3) is 0 Å². The molecule has 0 aromatic heterocycles. The van der Waals surface area contributed by atoms with Gasteiger partial charge in [0.2, 0.25) is 0 Å². The third kappa shape index (κ3) is 4.55. The number of piperidine rings is 1. The summed E-state index contributed by atoms with van der Waals surface area (Å²) in [5, 5.41) is 0.630. The summed E-state index contributed by atoms with van der Waals surface area (Å²) in [6.07, 6.45) is 5.58. The van der Waals surface area contributed by atoms with Crippen molar-refractivity contribution < 1.29 is 0 Å². The monoisotopic (exact) mass is 413 g/mol. The molecule has 0 bridgehead atoms. The van der Waals surface area contributed by atoms with Crippen molar-refractivity contribution in [2.45, 2.75) is 29.3 Å². The van der Waals surface area contributed by atoms with Crippen LogP contribution in [0.5, 0.6) is 0 Å². The summed E-state index contributed by atoms with van der Waals surface area (Å²) in [6.45, 7) is 7.38. The van der Waals surface area contributed by atoms with Crippen molar-refractivity contribution in [2.24, 2.45) is 0 Å². The highest BCUT2D eigenvalue weighted by atomic mass is 32.2. The number of thioether (sulfide) groups is 1. The molecule has 4 rings (SSSR count). The van der Waals surface area contributed by atoms with Crippen molar-refractivity contribution in [3.63, 3.8) is 0 Å². The first kappa shape index (κ1) is 21.0. The Morgan fingerprint density at radius 1 is 0.767 bits per heavy atom. The van der Waals surface area contributed by atoms with E-state index < -0.39 is 0 Å². The number of nitrogens with zero attached hydrogens (tertiary/aromatic N) is 1. The van der Waals surface area contributed by atoms with Gasteiger partial charge < -0.3 is 4.90 Å². The van der Waals surface area contributed by atoms with Gasteiger partial charge in [-0.1, -0.05) is 97.1 Å². The molecule has 0 spiro atoms. The quantitative estimate of drug-likeness (QED) is 0.297. The van der Waals surface area contributed by atoms with E-state index in [1.807, 2.05) is 6.08 Å². The van der Waals surface area contributed by atoms with Gasteiger partial charge in [-0.2, -0.15) is 0 Å². The average Bonchev–Trinajstić information content (AvgIpc) is 2.84. The molecule has 1 nitrogen and oxygen atoms in total. The third-order valence-corrected chi connectivity index (χ3v) is 7.93. The molecular formula is C28H31NS. The minimum Gasteiger partial charge on any atom is -0.303 e. The zero-order valence-electron chi connectivity index (χ0n) is 17.6. The molecule has 1 aliphatic heterocycles. The maximum Gasteiger partial charge on any atom is 0.0909 e. The minimum atomic E-state index is -0.197. The van der Waals surface area contributed by atoms with Gasteiger partial charge in [0, 0.05) is 11.8 Å². The van der Waals surface area contributed by atoms with Crippen molar-refractivity contribution in [1.82, 2.24) is 4.90 Å². The van der Waals surface area contributed by atoms with Crippen molar-refractivity contribution in [1.29, 1.82) is 0 Å². The molecule has 0 unspecified atom stereocenters. The molecule has 0 N–H and O–H groups in total. The topological polar surface area (TPSA) is 3.24 Å². The Hall–Kier alpha value is -2.29. The second-order valence-electron chi connectivity index (χ2n) is 8.02. The van der Waals surface area contributed by atoms with E-state index in [9.17, 15) is 0 Å². The summed E-state index contributed by atoms with van der Waals surface area (Å²) >= 11 is 2.15. The van der Waals surface area contributed by atoms with Gasteiger partial charge in [-0.25, -0.2) is 0 Å². The Morgan fingerprint density at radius 3 is 1.60 bits per heavy atom. The van der Waals surface area contributed by atoms with Crippen molar-refractivity contribution in [3.05, 3.63) is 120 Å². The molecule has 0 saturated carbocycles. The maximum absolute atomic E-state index is 3.88. The molecular weight excluding hydrogens is 382 g/mol. The third-order valence-electron chi connectivity index (χ3n) is 6.07. The highest BCUT2D eigenvalue weighted by Gasteiger charge is 2.39.